The Balaban J connectivity index is 2.27. The molecule has 0 atom stereocenters. The second kappa shape index (κ2) is 7.18. The molecule has 0 bridgehead atoms. The van der Waals surface area contributed by atoms with Crippen LogP contribution in [0.1, 0.15) is 10.4 Å². The maximum atomic E-state index is 11.6. The lowest BCUT2D eigenvalue weighted by Gasteiger charge is -2.10. The van der Waals surface area contributed by atoms with Gasteiger partial charge in [-0.1, -0.05) is 5.92 Å². The van der Waals surface area contributed by atoms with Gasteiger partial charge in [0.1, 0.15) is 7.85 Å². The number of carbonyl (C=O) groups is 1. The summed E-state index contributed by atoms with van der Waals surface area (Å²) >= 11 is 0. The van der Waals surface area contributed by atoms with Crippen LogP contribution in [0, 0.1) is 12.3 Å². The Morgan fingerprint density at radius 2 is 2.26 bits per heavy atom. The number of nitrogen functional groups attached to an aromatic ring is 1. The molecule has 2 rings (SSSR count). The third-order valence-electron chi connectivity index (χ3n) is 2.71. The monoisotopic (exact) mass is 308 g/mol. The van der Waals surface area contributed by atoms with Gasteiger partial charge < -0.3 is 20.5 Å². The first-order chi connectivity index (χ1) is 11.0. The maximum absolute atomic E-state index is 11.6. The summed E-state index contributed by atoms with van der Waals surface area (Å²) in [6, 6.07) is 4.68. The first-order valence-corrected chi connectivity index (χ1v) is 6.48. The van der Waals surface area contributed by atoms with Crippen molar-refractivity contribution in [1.82, 2.24) is 9.97 Å². The van der Waals surface area contributed by atoms with Crippen LogP contribution in [0.3, 0.4) is 0 Å². The first-order valence-electron chi connectivity index (χ1n) is 6.48. The molecule has 0 unspecified atom stereocenters. The van der Waals surface area contributed by atoms with E-state index in [1.165, 1.54) is 19.4 Å². The van der Waals surface area contributed by atoms with E-state index in [-0.39, 0.29) is 23.9 Å². The summed E-state index contributed by atoms with van der Waals surface area (Å²) in [7, 11) is 6.99. The van der Waals surface area contributed by atoms with Gasteiger partial charge in [-0.05, 0) is 23.7 Å². The molecule has 2 radical (unpaired) electrons. The van der Waals surface area contributed by atoms with Crippen molar-refractivity contribution in [2.75, 3.05) is 24.8 Å². The van der Waals surface area contributed by atoms with E-state index in [0.29, 0.717) is 16.9 Å². The minimum Gasteiger partial charge on any atom is -0.465 e. The standard InChI is InChI=1S/C15H13BN4O3/c1-3-4-23-13-12(16)8-18-15(20-13)19-11-6-9(14(21)22-2)5-10(17)7-11/h1,5-8H,4,17H2,2H3,(H,18,19,20). The van der Waals surface area contributed by atoms with E-state index < -0.39 is 5.97 Å². The van der Waals surface area contributed by atoms with Crippen molar-refractivity contribution in [2.24, 2.45) is 0 Å². The summed E-state index contributed by atoms with van der Waals surface area (Å²) in [5, 5.41) is 2.91. The van der Waals surface area contributed by atoms with Gasteiger partial charge in [0.05, 0.1) is 12.7 Å². The van der Waals surface area contributed by atoms with Gasteiger partial charge in [0.15, 0.2) is 6.61 Å². The predicted molar refractivity (Wildman–Crippen MR) is 87.2 cm³/mol. The van der Waals surface area contributed by atoms with Crippen LogP contribution in [-0.2, 0) is 4.74 Å². The van der Waals surface area contributed by atoms with Gasteiger partial charge in [-0.15, -0.1) is 6.42 Å². The van der Waals surface area contributed by atoms with Gasteiger partial charge >= 0.3 is 5.97 Å². The van der Waals surface area contributed by atoms with Crippen molar-refractivity contribution in [2.45, 2.75) is 0 Å². The van der Waals surface area contributed by atoms with E-state index in [1.54, 1.807) is 12.1 Å². The van der Waals surface area contributed by atoms with Crippen LogP contribution in [0.4, 0.5) is 17.3 Å². The first kappa shape index (κ1) is 16.2. The topological polar surface area (TPSA) is 99.4 Å². The third kappa shape index (κ3) is 4.14. The van der Waals surface area contributed by atoms with Crippen LogP contribution in [0.15, 0.2) is 24.4 Å². The molecule has 114 valence electrons. The molecule has 1 aromatic carbocycles. The summed E-state index contributed by atoms with van der Waals surface area (Å²) in [5.41, 5.74) is 7.22. The Bertz CT molecular complexity index is 774. The van der Waals surface area contributed by atoms with E-state index in [1.807, 2.05) is 0 Å². The number of nitrogens with two attached hydrogens (primary N) is 1. The van der Waals surface area contributed by atoms with Crippen LogP contribution in [0.2, 0.25) is 0 Å². The van der Waals surface area contributed by atoms with Crippen molar-refractivity contribution in [3.8, 4) is 18.2 Å². The van der Waals surface area contributed by atoms with E-state index in [0.717, 1.165) is 0 Å². The fourth-order valence-corrected chi connectivity index (χ4v) is 1.75. The lowest BCUT2D eigenvalue weighted by Crippen LogP contribution is -2.14. The van der Waals surface area contributed by atoms with Gasteiger partial charge in [-0.3, -0.25) is 0 Å². The van der Waals surface area contributed by atoms with Crippen molar-refractivity contribution in [1.29, 1.82) is 0 Å². The molecule has 7 nitrogen and oxygen atoms in total. The Kier molecular flexibility index (Phi) is 5.05. The fourth-order valence-electron chi connectivity index (χ4n) is 1.75. The zero-order valence-corrected chi connectivity index (χ0v) is 12.4. The highest BCUT2D eigenvalue weighted by atomic mass is 16.5. The van der Waals surface area contributed by atoms with E-state index >= 15 is 0 Å². The predicted octanol–water partition coefficient (Wildman–Crippen LogP) is 0.395. The number of anilines is 3. The SMILES string of the molecule is [B]c1cnc(Nc2cc(N)cc(C(=O)OC)c2)nc1OCC#C. The molecular formula is C15H13BN4O3. The number of hydrogen-bond acceptors (Lipinski definition) is 7. The second-order valence-corrected chi connectivity index (χ2v) is 4.41. The molecule has 0 saturated heterocycles. The minimum absolute atomic E-state index is 0.0332. The van der Waals surface area contributed by atoms with Gasteiger partial charge in [0, 0.05) is 17.6 Å². The number of nitrogens with one attached hydrogen (secondary N) is 1. The Morgan fingerprint density at radius 1 is 1.48 bits per heavy atom. The molecule has 0 fully saturated rings. The lowest BCUT2D eigenvalue weighted by molar-refractivity contribution is 0.0601. The molecule has 1 heterocycles. The number of terminal acetylenes is 1. The molecule has 3 N–H and O–H groups in total. The summed E-state index contributed by atoms with van der Waals surface area (Å²) in [6.45, 7) is 0.0332. The van der Waals surface area contributed by atoms with E-state index in [4.69, 9.17) is 24.7 Å². The van der Waals surface area contributed by atoms with Crippen molar-refractivity contribution < 1.29 is 14.3 Å². The second-order valence-electron chi connectivity index (χ2n) is 4.41. The number of methoxy groups -OCH3 is 1. The molecule has 1 aromatic heterocycles. The highest BCUT2D eigenvalue weighted by Crippen LogP contribution is 2.20. The molecule has 0 aliphatic heterocycles. The number of rotatable bonds is 5. The maximum Gasteiger partial charge on any atom is 0.337 e. The smallest absolute Gasteiger partial charge is 0.337 e. The molecule has 23 heavy (non-hydrogen) atoms. The molecule has 2 aromatic rings. The number of ether oxygens (including phenoxy) is 2. The lowest BCUT2D eigenvalue weighted by atomic mass is 10.00. The average molecular weight is 308 g/mol. The number of hydrogen-bond donors (Lipinski definition) is 2. The van der Waals surface area contributed by atoms with Crippen LogP contribution >= 0.6 is 0 Å². The third-order valence-corrected chi connectivity index (χ3v) is 2.71. The minimum atomic E-state index is -0.503. The van der Waals surface area contributed by atoms with Gasteiger partial charge in [0.2, 0.25) is 11.8 Å². The Labute approximate surface area is 134 Å². The van der Waals surface area contributed by atoms with Gasteiger partial charge in [-0.2, -0.15) is 4.98 Å². The number of esters is 1. The zero-order chi connectivity index (χ0) is 16.8. The van der Waals surface area contributed by atoms with Crippen LogP contribution < -0.4 is 21.3 Å². The molecule has 0 aliphatic carbocycles. The van der Waals surface area contributed by atoms with Crippen LogP contribution in [0.5, 0.6) is 5.88 Å². The zero-order valence-electron chi connectivity index (χ0n) is 12.4. The van der Waals surface area contributed by atoms with Gasteiger partial charge in [0.25, 0.3) is 0 Å². The summed E-state index contributed by atoms with van der Waals surface area (Å²) < 4.78 is 9.88. The molecular weight excluding hydrogens is 295 g/mol. The number of aromatic nitrogens is 2. The summed E-state index contributed by atoms with van der Waals surface area (Å²) in [4.78, 5) is 19.7. The summed E-state index contributed by atoms with van der Waals surface area (Å²) in [5.74, 6) is 2.20. The Morgan fingerprint density at radius 3 is 2.96 bits per heavy atom. The quantitative estimate of drug-likeness (QED) is 0.357. The molecule has 0 aliphatic rings. The molecule has 0 spiro atoms. The summed E-state index contributed by atoms with van der Waals surface area (Å²) in [6.07, 6.45) is 6.51. The number of nitrogens with zero attached hydrogens (tertiary/aromatic N) is 2. The van der Waals surface area contributed by atoms with E-state index in [2.05, 4.69) is 25.9 Å². The van der Waals surface area contributed by atoms with Crippen LogP contribution in [-0.4, -0.2) is 37.5 Å². The fraction of sp³-hybridized carbons (Fsp3) is 0.133. The van der Waals surface area contributed by atoms with Crippen molar-refractivity contribution in [3.63, 3.8) is 0 Å². The average Bonchev–Trinajstić information content (AvgIpc) is 2.54. The molecule has 0 amide bonds. The van der Waals surface area contributed by atoms with E-state index in [9.17, 15) is 4.79 Å². The largest absolute Gasteiger partial charge is 0.465 e. The van der Waals surface area contributed by atoms with Crippen molar-refractivity contribution >= 4 is 36.6 Å². The highest BCUT2D eigenvalue weighted by Gasteiger charge is 2.10. The van der Waals surface area contributed by atoms with Crippen LogP contribution in [0.25, 0.3) is 0 Å². The van der Waals surface area contributed by atoms with Gasteiger partial charge in [-0.25, -0.2) is 9.78 Å². The normalized spacial score (nSPS) is 9.74. The highest BCUT2D eigenvalue weighted by molar-refractivity contribution is 6.33. The molecule has 8 heteroatoms. The number of benzene rings is 1. The number of carbonyl (C=O) groups excluding carboxylic acids is 1. The molecule has 0 saturated carbocycles. The Hall–Kier alpha value is -3.21. The van der Waals surface area contributed by atoms with Crippen molar-refractivity contribution in [3.05, 3.63) is 30.0 Å².